The molecule has 22 heavy (non-hydrogen) atoms. The van der Waals surface area contributed by atoms with Gasteiger partial charge in [-0.25, -0.2) is 4.79 Å². The molecule has 0 aliphatic heterocycles. The summed E-state index contributed by atoms with van der Waals surface area (Å²) in [5.41, 5.74) is 0.909. The molecule has 0 bridgehead atoms. The van der Waals surface area contributed by atoms with Gasteiger partial charge >= 0.3 is 5.97 Å². The van der Waals surface area contributed by atoms with Crippen LogP contribution in [0.5, 0.6) is 0 Å². The zero-order valence-electron chi connectivity index (χ0n) is 13.5. The lowest BCUT2D eigenvalue weighted by molar-refractivity contribution is -0.142. The minimum Gasteiger partial charge on any atom is -0.490 e. The maximum Gasteiger partial charge on any atom is 0.373 e. The van der Waals surface area contributed by atoms with Crippen LogP contribution < -0.4 is 0 Å². The van der Waals surface area contributed by atoms with E-state index in [1.165, 1.54) is 7.11 Å². The average molecular weight is 306 g/mol. The van der Waals surface area contributed by atoms with Crippen LogP contribution in [-0.4, -0.2) is 32.9 Å². The Morgan fingerprint density at radius 1 is 1.05 bits per heavy atom. The maximum absolute atomic E-state index is 11.9. The van der Waals surface area contributed by atoms with Crippen molar-refractivity contribution in [2.45, 2.75) is 32.6 Å². The van der Waals surface area contributed by atoms with E-state index in [4.69, 9.17) is 14.2 Å². The molecule has 0 unspecified atom stereocenters. The Morgan fingerprint density at radius 3 is 2.36 bits per heavy atom. The van der Waals surface area contributed by atoms with E-state index in [1.54, 1.807) is 6.08 Å². The van der Waals surface area contributed by atoms with Crippen molar-refractivity contribution in [1.29, 1.82) is 0 Å². The number of esters is 1. The van der Waals surface area contributed by atoms with Gasteiger partial charge in [-0.05, 0) is 37.8 Å². The van der Waals surface area contributed by atoms with E-state index in [1.807, 2.05) is 37.3 Å². The van der Waals surface area contributed by atoms with Crippen molar-refractivity contribution in [2.24, 2.45) is 0 Å². The van der Waals surface area contributed by atoms with E-state index in [9.17, 15) is 4.79 Å². The molecular formula is C18H26O4. The van der Waals surface area contributed by atoms with Crippen molar-refractivity contribution in [1.82, 2.24) is 0 Å². The zero-order valence-corrected chi connectivity index (χ0v) is 13.5. The smallest absolute Gasteiger partial charge is 0.373 e. The van der Waals surface area contributed by atoms with Gasteiger partial charge in [0.1, 0.15) is 0 Å². The number of methoxy groups -OCH3 is 1. The Balaban J connectivity index is 2.24. The molecule has 0 spiro atoms. The number of hydrogen-bond donors (Lipinski definition) is 0. The molecule has 0 fully saturated rings. The highest BCUT2D eigenvalue weighted by Gasteiger charge is 2.11. The third-order valence-corrected chi connectivity index (χ3v) is 3.14. The molecule has 0 atom stereocenters. The summed E-state index contributed by atoms with van der Waals surface area (Å²) < 4.78 is 15.6. The van der Waals surface area contributed by atoms with Gasteiger partial charge in [0.2, 0.25) is 5.76 Å². The van der Waals surface area contributed by atoms with E-state index in [0.29, 0.717) is 6.61 Å². The summed E-state index contributed by atoms with van der Waals surface area (Å²) in [6.45, 7) is 3.99. The quantitative estimate of drug-likeness (QED) is 0.270. The third kappa shape index (κ3) is 7.84. The highest BCUT2D eigenvalue weighted by molar-refractivity contribution is 5.91. The first kappa shape index (κ1) is 18.2. The average Bonchev–Trinajstić information content (AvgIpc) is 2.55. The maximum atomic E-state index is 11.9. The second kappa shape index (κ2) is 11.8. The molecule has 0 heterocycles. The standard InChI is InChI=1S/C18H26O4/c1-3-21-13-9-4-5-10-14-22-18(19)17(20-2)15-16-11-7-6-8-12-16/h6-8,11-12,15H,3-5,9-10,13-14H2,1-2H3. The van der Waals surface area contributed by atoms with Crippen LogP contribution >= 0.6 is 0 Å². The number of carbonyl (C=O) groups excluding carboxylic acids is 1. The topological polar surface area (TPSA) is 44.8 Å². The molecular weight excluding hydrogens is 280 g/mol. The fraction of sp³-hybridized carbons (Fsp3) is 0.500. The summed E-state index contributed by atoms with van der Waals surface area (Å²) in [6, 6.07) is 9.56. The zero-order chi connectivity index (χ0) is 16.0. The minimum atomic E-state index is -0.416. The van der Waals surface area contributed by atoms with Gasteiger partial charge in [-0.15, -0.1) is 0 Å². The molecule has 0 amide bonds. The highest BCUT2D eigenvalue weighted by Crippen LogP contribution is 2.09. The predicted octanol–water partition coefficient (Wildman–Crippen LogP) is 3.81. The summed E-state index contributed by atoms with van der Waals surface area (Å²) >= 11 is 0. The van der Waals surface area contributed by atoms with E-state index >= 15 is 0 Å². The Labute approximate surface area is 133 Å². The van der Waals surface area contributed by atoms with Crippen LogP contribution in [0.25, 0.3) is 6.08 Å². The number of hydrogen-bond acceptors (Lipinski definition) is 4. The Bertz CT molecular complexity index is 440. The van der Waals surface area contributed by atoms with Gasteiger partial charge in [-0.2, -0.15) is 0 Å². The van der Waals surface area contributed by atoms with Crippen LogP contribution in [0.1, 0.15) is 38.2 Å². The molecule has 4 heteroatoms. The monoisotopic (exact) mass is 306 g/mol. The number of carbonyl (C=O) groups is 1. The number of benzene rings is 1. The first-order valence-corrected chi connectivity index (χ1v) is 7.83. The molecule has 0 N–H and O–H groups in total. The molecule has 122 valence electrons. The first-order chi connectivity index (χ1) is 10.8. The molecule has 0 aliphatic rings. The summed E-state index contributed by atoms with van der Waals surface area (Å²) in [5.74, 6) is -0.191. The lowest BCUT2D eigenvalue weighted by atomic mass is 10.2. The third-order valence-electron chi connectivity index (χ3n) is 3.14. The molecule has 4 nitrogen and oxygen atoms in total. The highest BCUT2D eigenvalue weighted by atomic mass is 16.6. The van der Waals surface area contributed by atoms with Gasteiger partial charge in [-0.1, -0.05) is 36.8 Å². The number of unbranched alkanes of at least 4 members (excludes halogenated alkanes) is 3. The minimum absolute atomic E-state index is 0.225. The summed E-state index contributed by atoms with van der Waals surface area (Å²) in [5, 5.41) is 0. The molecule has 0 saturated heterocycles. The second-order valence-corrected chi connectivity index (χ2v) is 4.87. The summed E-state index contributed by atoms with van der Waals surface area (Å²) in [4.78, 5) is 11.9. The van der Waals surface area contributed by atoms with Crippen LogP contribution in [0.4, 0.5) is 0 Å². The van der Waals surface area contributed by atoms with Gasteiger partial charge in [-0.3, -0.25) is 0 Å². The lowest BCUT2D eigenvalue weighted by Crippen LogP contribution is -2.10. The molecule has 1 rings (SSSR count). The van der Waals surface area contributed by atoms with Gasteiger partial charge in [0.05, 0.1) is 13.7 Å². The fourth-order valence-corrected chi connectivity index (χ4v) is 1.94. The first-order valence-electron chi connectivity index (χ1n) is 7.83. The summed E-state index contributed by atoms with van der Waals surface area (Å²) in [7, 11) is 1.48. The molecule has 0 aliphatic carbocycles. The van der Waals surface area contributed by atoms with Crippen LogP contribution in [0.2, 0.25) is 0 Å². The Morgan fingerprint density at radius 2 is 1.73 bits per heavy atom. The van der Waals surface area contributed by atoms with Gasteiger partial charge < -0.3 is 14.2 Å². The van der Waals surface area contributed by atoms with Crippen molar-refractivity contribution in [3.05, 3.63) is 41.7 Å². The normalized spacial score (nSPS) is 11.3. The number of ether oxygens (including phenoxy) is 3. The fourth-order valence-electron chi connectivity index (χ4n) is 1.94. The SMILES string of the molecule is CCOCCCCCCOC(=O)C(=Cc1ccccc1)OC. The summed E-state index contributed by atoms with van der Waals surface area (Å²) in [6.07, 6.45) is 5.73. The van der Waals surface area contributed by atoms with Crippen LogP contribution in [0, 0.1) is 0 Å². The van der Waals surface area contributed by atoms with E-state index < -0.39 is 5.97 Å². The molecule has 0 radical (unpaired) electrons. The molecule has 1 aromatic carbocycles. The van der Waals surface area contributed by atoms with E-state index in [0.717, 1.165) is 44.5 Å². The van der Waals surface area contributed by atoms with Crippen molar-refractivity contribution in [3.63, 3.8) is 0 Å². The molecule has 1 aromatic rings. The van der Waals surface area contributed by atoms with E-state index in [-0.39, 0.29) is 5.76 Å². The Hall–Kier alpha value is -1.81. The van der Waals surface area contributed by atoms with E-state index in [2.05, 4.69) is 0 Å². The van der Waals surface area contributed by atoms with Crippen molar-refractivity contribution in [2.75, 3.05) is 26.9 Å². The number of rotatable bonds is 11. The van der Waals surface area contributed by atoms with Gasteiger partial charge in [0.25, 0.3) is 0 Å². The second-order valence-electron chi connectivity index (χ2n) is 4.87. The van der Waals surface area contributed by atoms with Gasteiger partial charge in [0.15, 0.2) is 0 Å². The van der Waals surface area contributed by atoms with Gasteiger partial charge in [0, 0.05) is 13.2 Å². The Kier molecular flexibility index (Phi) is 9.79. The molecule has 0 saturated carbocycles. The predicted molar refractivity (Wildman–Crippen MR) is 87.3 cm³/mol. The largest absolute Gasteiger partial charge is 0.490 e. The van der Waals surface area contributed by atoms with Crippen molar-refractivity contribution >= 4 is 12.0 Å². The van der Waals surface area contributed by atoms with Crippen molar-refractivity contribution < 1.29 is 19.0 Å². The van der Waals surface area contributed by atoms with Crippen LogP contribution in [0.15, 0.2) is 36.1 Å². The van der Waals surface area contributed by atoms with Crippen molar-refractivity contribution in [3.8, 4) is 0 Å². The van der Waals surface area contributed by atoms with Crippen LogP contribution in [-0.2, 0) is 19.0 Å². The molecule has 0 aromatic heterocycles. The van der Waals surface area contributed by atoms with Crippen LogP contribution in [0.3, 0.4) is 0 Å². The lowest BCUT2D eigenvalue weighted by Gasteiger charge is -2.07.